The van der Waals surface area contributed by atoms with E-state index in [9.17, 15) is 18.7 Å². The monoisotopic (exact) mass is 323 g/mol. The summed E-state index contributed by atoms with van der Waals surface area (Å²) in [5.41, 5.74) is 7.52. The lowest BCUT2D eigenvalue weighted by Crippen LogP contribution is -2.27. The fourth-order valence-corrected chi connectivity index (χ4v) is 3.95. The van der Waals surface area contributed by atoms with Crippen LogP contribution >= 0.6 is 10.8 Å². The molecule has 3 rings (SSSR count). The Morgan fingerprint density at radius 3 is 2.73 bits per heavy atom. The van der Waals surface area contributed by atoms with Gasteiger partial charge in [-0.05, 0) is 18.6 Å². The summed E-state index contributed by atoms with van der Waals surface area (Å²) in [7, 11) is -3.34. The Morgan fingerprint density at radius 1 is 1.41 bits per heavy atom. The zero-order valence-electron chi connectivity index (χ0n) is 11.7. The number of rotatable bonds is 3. The molecule has 0 bridgehead atoms. The molecule has 0 aromatic heterocycles. The van der Waals surface area contributed by atoms with E-state index in [-0.39, 0.29) is 10.9 Å². The van der Waals surface area contributed by atoms with Crippen LogP contribution in [0.2, 0.25) is 0 Å². The standard InChI is InChI=1S/C14H17N3O4S/c15-11-3-4-17(7-11)12-2-1-9(5-10(12)8-18)13-6-14(19)16-22(13,20)21/h1-2,5-6,8,11,20-21H,3-4,7,15H2,(H,16,19). The summed E-state index contributed by atoms with van der Waals surface area (Å²) in [6.45, 7) is 1.46. The zero-order valence-corrected chi connectivity index (χ0v) is 12.5. The average molecular weight is 323 g/mol. The first-order valence-electron chi connectivity index (χ1n) is 6.82. The first kappa shape index (κ1) is 15.0. The van der Waals surface area contributed by atoms with E-state index in [2.05, 4.69) is 4.72 Å². The van der Waals surface area contributed by atoms with Crippen LogP contribution in [-0.4, -0.2) is 40.4 Å². The van der Waals surface area contributed by atoms with Crippen LogP contribution in [0, 0.1) is 0 Å². The van der Waals surface area contributed by atoms with Crippen molar-refractivity contribution in [2.75, 3.05) is 18.0 Å². The van der Waals surface area contributed by atoms with Gasteiger partial charge in [0, 0.05) is 42.0 Å². The maximum atomic E-state index is 11.4. The molecule has 2 heterocycles. The highest BCUT2D eigenvalue weighted by atomic mass is 32.3. The number of carbonyl (C=O) groups is 2. The number of nitrogens with one attached hydrogen (secondary N) is 1. The second-order valence-electron chi connectivity index (χ2n) is 5.41. The molecule has 8 heteroatoms. The second-order valence-corrected chi connectivity index (χ2v) is 7.15. The molecule has 2 aliphatic rings. The molecule has 0 aliphatic carbocycles. The zero-order chi connectivity index (χ0) is 15.9. The van der Waals surface area contributed by atoms with E-state index >= 15 is 0 Å². The molecule has 0 saturated carbocycles. The molecule has 2 aliphatic heterocycles. The van der Waals surface area contributed by atoms with Gasteiger partial charge in [0.1, 0.15) is 0 Å². The van der Waals surface area contributed by atoms with Crippen LogP contribution in [0.1, 0.15) is 22.3 Å². The quantitative estimate of drug-likeness (QED) is 0.621. The lowest BCUT2D eigenvalue weighted by Gasteiger charge is -2.30. The molecule has 1 fully saturated rings. The van der Waals surface area contributed by atoms with Crippen LogP contribution in [0.25, 0.3) is 4.91 Å². The van der Waals surface area contributed by atoms with Crippen LogP contribution in [0.15, 0.2) is 24.3 Å². The number of benzene rings is 1. The molecular weight excluding hydrogens is 306 g/mol. The Kier molecular flexibility index (Phi) is 3.69. The van der Waals surface area contributed by atoms with Gasteiger partial charge in [0.15, 0.2) is 6.29 Å². The Hall–Kier alpha value is -1.87. The molecule has 118 valence electrons. The van der Waals surface area contributed by atoms with Gasteiger partial charge in [0.2, 0.25) is 0 Å². The molecule has 1 aromatic rings. The van der Waals surface area contributed by atoms with E-state index < -0.39 is 16.7 Å². The number of hydrogen-bond acceptors (Lipinski definition) is 6. The third kappa shape index (κ3) is 2.61. The number of aldehydes is 1. The SMILES string of the molecule is NC1CCN(c2ccc(C3=CC(=O)NS3(O)O)cc2C=O)C1. The van der Waals surface area contributed by atoms with Crippen LogP contribution < -0.4 is 15.4 Å². The Labute approximate surface area is 129 Å². The number of nitrogens with zero attached hydrogens (tertiary/aromatic N) is 1. The molecule has 1 aromatic carbocycles. The molecule has 0 spiro atoms. The molecule has 1 unspecified atom stereocenters. The summed E-state index contributed by atoms with van der Waals surface area (Å²) in [6, 6.07) is 5.07. The lowest BCUT2D eigenvalue weighted by atomic mass is 10.1. The second kappa shape index (κ2) is 5.40. The number of carbonyl (C=O) groups excluding carboxylic acids is 2. The number of amides is 1. The maximum Gasteiger partial charge on any atom is 0.264 e. The minimum Gasteiger partial charge on any atom is -0.369 e. The lowest BCUT2D eigenvalue weighted by molar-refractivity contribution is -0.114. The van der Waals surface area contributed by atoms with Crippen molar-refractivity contribution in [1.82, 2.24) is 4.72 Å². The summed E-state index contributed by atoms with van der Waals surface area (Å²) < 4.78 is 21.9. The highest BCUT2D eigenvalue weighted by molar-refractivity contribution is 8.31. The molecule has 1 amide bonds. The highest BCUT2D eigenvalue weighted by Crippen LogP contribution is 2.52. The third-order valence-electron chi connectivity index (χ3n) is 3.82. The minimum atomic E-state index is -3.34. The Morgan fingerprint density at radius 2 is 2.18 bits per heavy atom. The summed E-state index contributed by atoms with van der Waals surface area (Å²) >= 11 is 0. The Bertz CT molecular complexity index is 674. The largest absolute Gasteiger partial charge is 0.369 e. The number of anilines is 1. The highest BCUT2D eigenvalue weighted by Gasteiger charge is 2.30. The molecule has 0 radical (unpaired) electrons. The van der Waals surface area contributed by atoms with E-state index in [0.717, 1.165) is 31.0 Å². The molecular formula is C14H17N3O4S. The minimum absolute atomic E-state index is 0.0884. The average Bonchev–Trinajstić information content (AvgIpc) is 3.00. The topological polar surface area (TPSA) is 116 Å². The maximum absolute atomic E-state index is 11.4. The van der Waals surface area contributed by atoms with Crippen molar-refractivity contribution in [2.45, 2.75) is 12.5 Å². The molecule has 1 saturated heterocycles. The van der Waals surface area contributed by atoms with E-state index in [1.54, 1.807) is 18.2 Å². The van der Waals surface area contributed by atoms with E-state index in [1.165, 1.54) is 0 Å². The van der Waals surface area contributed by atoms with E-state index in [4.69, 9.17) is 5.73 Å². The molecule has 7 nitrogen and oxygen atoms in total. The van der Waals surface area contributed by atoms with E-state index in [1.807, 2.05) is 4.90 Å². The van der Waals surface area contributed by atoms with Gasteiger partial charge < -0.3 is 10.6 Å². The Balaban J connectivity index is 1.97. The van der Waals surface area contributed by atoms with Gasteiger partial charge in [0.05, 0.1) is 4.91 Å². The van der Waals surface area contributed by atoms with Crippen molar-refractivity contribution < 1.29 is 18.7 Å². The number of hydrogen-bond donors (Lipinski definition) is 4. The molecule has 5 N–H and O–H groups in total. The fourth-order valence-electron chi connectivity index (χ4n) is 2.77. The first-order chi connectivity index (χ1) is 10.4. The van der Waals surface area contributed by atoms with Gasteiger partial charge in [-0.25, -0.2) is 4.72 Å². The molecule has 1 atom stereocenters. The summed E-state index contributed by atoms with van der Waals surface area (Å²) in [5, 5.41) is 0. The summed E-state index contributed by atoms with van der Waals surface area (Å²) in [6.07, 6.45) is 2.73. The fraction of sp³-hybridized carbons (Fsp3) is 0.286. The predicted molar refractivity (Wildman–Crippen MR) is 85.6 cm³/mol. The van der Waals surface area contributed by atoms with Crippen LogP contribution in [0.4, 0.5) is 5.69 Å². The van der Waals surface area contributed by atoms with Gasteiger partial charge in [-0.15, -0.1) is 0 Å². The summed E-state index contributed by atoms with van der Waals surface area (Å²) in [4.78, 5) is 24.8. The van der Waals surface area contributed by atoms with Gasteiger partial charge in [-0.1, -0.05) is 16.8 Å². The van der Waals surface area contributed by atoms with Crippen molar-refractivity contribution in [3.05, 3.63) is 35.4 Å². The van der Waals surface area contributed by atoms with Crippen molar-refractivity contribution in [1.29, 1.82) is 0 Å². The van der Waals surface area contributed by atoms with E-state index in [0.29, 0.717) is 17.7 Å². The van der Waals surface area contributed by atoms with Gasteiger partial charge in [-0.3, -0.25) is 18.7 Å². The smallest absolute Gasteiger partial charge is 0.264 e. The first-order valence-corrected chi connectivity index (χ1v) is 8.37. The normalized spacial score (nSPS) is 24.9. The van der Waals surface area contributed by atoms with Crippen molar-refractivity contribution in [2.24, 2.45) is 5.73 Å². The number of nitrogens with two attached hydrogens (primary N) is 1. The predicted octanol–water partition coefficient (Wildman–Crippen LogP) is 1.17. The summed E-state index contributed by atoms with van der Waals surface area (Å²) in [5.74, 6) is -0.558. The van der Waals surface area contributed by atoms with Gasteiger partial charge in [-0.2, -0.15) is 0 Å². The van der Waals surface area contributed by atoms with Crippen molar-refractivity contribution >= 4 is 33.6 Å². The van der Waals surface area contributed by atoms with Crippen molar-refractivity contribution in [3.63, 3.8) is 0 Å². The third-order valence-corrected chi connectivity index (χ3v) is 5.27. The van der Waals surface area contributed by atoms with Crippen molar-refractivity contribution in [3.8, 4) is 0 Å². The van der Waals surface area contributed by atoms with Crippen LogP contribution in [0.3, 0.4) is 0 Å². The van der Waals surface area contributed by atoms with Crippen LogP contribution in [0.5, 0.6) is 0 Å². The van der Waals surface area contributed by atoms with Gasteiger partial charge >= 0.3 is 0 Å². The van der Waals surface area contributed by atoms with Crippen LogP contribution in [-0.2, 0) is 4.79 Å². The van der Waals surface area contributed by atoms with Gasteiger partial charge in [0.25, 0.3) is 5.91 Å². The molecule has 22 heavy (non-hydrogen) atoms.